The quantitative estimate of drug-likeness (QED) is 0.571. The Morgan fingerprint density at radius 3 is 2.44 bits per heavy atom. The summed E-state index contributed by atoms with van der Waals surface area (Å²) in [5.41, 5.74) is 1.03. The Morgan fingerprint density at radius 2 is 1.94 bits per heavy atom. The lowest BCUT2D eigenvalue weighted by Crippen LogP contribution is -2.32. The van der Waals surface area contributed by atoms with Crippen molar-refractivity contribution in [3.05, 3.63) is 42.5 Å². The Balaban J connectivity index is 3.00. The standard InChI is InChI=1S/C13H18ClNO2S/c1-3-10-15(11-4-9-14)18(16,17)13-7-5-12(2)6-8-13/h3,5-8H,1,4,9-11H2,2H3. The third kappa shape index (κ3) is 3.83. The Labute approximate surface area is 114 Å². The first kappa shape index (κ1) is 15.2. The van der Waals surface area contributed by atoms with E-state index in [9.17, 15) is 8.42 Å². The summed E-state index contributed by atoms with van der Waals surface area (Å²) < 4.78 is 26.1. The summed E-state index contributed by atoms with van der Waals surface area (Å²) in [6.45, 7) is 6.22. The summed E-state index contributed by atoms with van der Waals surface area (Å²) in [5, 5.41) is 0. The van der Waals surface area contributed by atoms with Crippen LogP contribution in [0.5, 0.6) is 0 Å². The highest BCUT2D eigenvalue weighted by Crippen LogP contribution is 2.16. The molecule has 0 radical (unpaired) electrons. The van der Waals surface area contributed by atoms with E-state index < -0.39 is 10.0 Å². The van der Waals surface area contributed by atoms with E-state index in [-0.39, 0.29) is 0 Å². The van der Waals surface area contributed by atoms with Crippen molar-refractivity contribution < 1.29 is 8.42 Å². The van der Waals surface area contributed by atoms with E-state index >= 15 is 0 Å². The van der Waals surface area contributed by atoms with Crippen molar-refractivity contribution in [3.63, 3.8) is 0 Å². The van der Waals surface area contributed by atoms with Crippen LogP contribution in [0.1, 0.15) is 12.0 Å². The van der Waals surface area contributed by atoms with Crippen LogP contribution < -0.4 is 0 Å². The van der Waals surface area contributed by atoms with Crippen LogP contribution in [0.15, 0.2) is 41.8 Å². The molecule has 0 aliphatic heterocycles. The van der Waals surface area contributed by atoms with Gasteiger partial charge in [-0.25, -0.2) is 8.42 Å². The molecule has 0 bridgehead atoms. The summed E-state index contributed by atoms with van der Waals surface area (Å²) in [5.74, 6) is 0.442. The lowest BCUT2D eigenvalue weighted by atomic mass is 10.2. The van der Waals surface area contributed by atoms with Gasteiger partial charge in [-0.1, -0.05) is 23.8 Å². The molecule has 5 heteroatoms. The molecular formula is C13H18ClNO2S. The third-order valence-electron chi connectivity index (χ3n) is 2.53. The van der Waals surface area contributed by atoms with Crippen LogP contribution in [0, 0.1) is 6.92 Å². The molecule has 0 spiro atoms. The van der Waals surface area contributed by atoms with Crippen LogP contribution in [0.25, 0.3) is 0 Å². The second kappa shape index (κ2) is 6.92. The minimum atomic E-state index is -3.45. The van der Waals surface area contributed by atoms with E-state index in [1.54, 1.807) is 30.3 Å². The normalized spacial score (nSPS) is 11.7. The number of hydrogen-bond acceptors (Lipinski definition) is 2. The van der Waals surface area contributed by atoms with Crippen LogP contribution in [-0.4, -0.2) is 31.7 Å². The van der Waals surface area contributed by atoms with E-state index in [1.807, 2.05) is 6.92 Å². The third-order valence-corrected chi connectivity index (χ3v) is 4.68. The summed E-state index contributed by atoms with van der Waals surface area (Å²) in [4.78, 5) is 0.310. The first-order chi connectivity index (χ1) is 8.52. The van der Waals surface area contributed by atoms with Crippen LogP contribution in [0.2, 0.25) is 0 Å². The molecule has 0 amide bonds. The Kier molecular flexibility index (Phi) is 5.85. The van der Waals surface area contributed by atoms with E-state index in [1.165, 1.54) is 4.31 Å². The van der Waals surface area contributed by atoms with Crippen LogP contribution in [0.3, 0.4) is 0 Å². The van der Waals surface area contributed by atoms with Crippen LogP contribution in [0.4, 0.5) is 0 Å². The van der Waals surface area contributed by atoms with Gasteiger partial charge in [-0.15, -0.1) is 18.2 Å². The highest BCUT2D eigenvalue weighted by Gasteiger charge is 2.22. The summed E-state index contributed by atoms with van der Waals surface area (Å²) in [6, 6.07) is 6.84. The molecule has 0 heterocycles. The number of halogens is 1. The van der Waals surface area contributed by atoms with Gasteiger partial charge >= 0.3 is 0 Å². The monoisotopic (exact) mass is 287 g/mol. The van der Waals surface area contributed by atoms with Gasteiger partial charge in [-0.05, 0) is 25.5 Å². The molecule has 0 aliphatic carbocycles. The second-order valence-corrected chi connectivity index (χ2v) is 6.32. The van der Waals surface area contributed by atoms with E-state index in [0.29, 0.717) is 30.3 Å². The van der Waals surface area contributed by atoms with Gasteiger partial charge in [0, 0.05) is 19.0 Å². The topological polar surface area (TPSA) is 37.4 Å². The lowest BCUT2D eigenvalue weighted by Gasteiger charge is -2.20. The average Bonchev–Trinajstić information content (AvgIpc) is 2.35. The molecule has 3 nitrogen and oxygen atoms in total. The number of benzene rings is 1. The zero-order chi connectivity index (χ0) is 13.6. The minimum Gasteiger partial charge on any atom is -0.207 e. The number of nitrogens with zero attached hydrogens (tertiary/aromatic N) is 1. The fourth-order valence-corrected chi connectivity index (χ4v) is 3.12. The van der Waals surface area contributed by atoms with Gasteiger partial charge in [0.2, 0.25) is 10.0 Å². The molecule has 100 valence electrons. The van der Waals surface area contributed by atoms with Gasteiger partial charge in [0.25, 0.3) is 0 Å². The maximum absolute atomic E-state index is 12.4. The highest BCUT2D eigenvalue weighted by molar-refractivity contribution is 7.89. The maximum Gasteiger partial charge on any atom is 0.243 e. The van der Waals surface area contributed by atoms with Crippen molar-refractivity contribution >= 4 is 21.6 Å². The predicted octanol–water partition coefficient (Wildman–Crippen LogP) is 2.80. The Hall–Kier alpha value is -0.840. The van der Waals surface area contributed by atoms with Crippen molar-refractivity contribution in [2.45, 2.75) is 18.2 Å². The second-order valence-electron chi connectivity index (χ2n) is 4.01. The van der Waals surface area contributed by atoms with Crippen molar-refractivity contribution in [1.29, 1.82) is 0 Å². The molecule has 0 saturated heterocycles. The molecular weight excluding hydrogens is 270 g/mol. The molecule has 0 unspecified atom stereocenters. The number of rotatable bonds is 7. The summed E-state index contributed by atoms with van der Waals surface area (Å²) in [7, 11) is -3.45. The van der Waals surface area contributed by atoms with Gasteiger partial charge in [-0.3, -0.25) is 0 Å². The van der Waals surface area contributed by atoms with Crippen molar-refractivity contribution in [2.24, 2.45) is 0 Å². The van der Waals surface area contributed by atoms with E-state index in [4.69, 9.17) is 11.6 Å². The largest absolute Gasteiger partial charge is 0.243 e. The van der Waals surface area contributed by atoms with Crippen molar-refractivity contribution in [3.8, 4) is 0 Å². The molecule has 0 aliphatic rings. The van der Waals surface area contributed by atoms with Crippen LogP contribution >= 0.6 is 11.6 Å². The molecule has 1 aromatic rings. The summed E-state index contributed by atoms with van der Waals surface area (Å²) >= 11 is 5.62. The number of sulfonamides is 1. The molecule has 0 aromatic heterocycles. The number of hydrogen-bond donors (Lipinski definition) is 0. The average molecular weight is 288 g/mol. The van der Waals surface area contributed by atoms with Crippen LogP contribution in [-0.2, 0) is 10.0 Å². The molecule has 18 heavy (non-hydrogen) atoms. The van der Waals surface area contributed by atoms with Gasteiger partial charge in [-0.2, -0.15) is 4.31 Å². The minimum absolute atomic E-state index is 0.299. The highest BCUT2D eigenvalue weighted by atomic mass is 35.5. The number of aryl methyl sites for hydroxylation is 1. The predicted molar refractivity (Wildman–Crippen MR) is 75.5 cm³/mol. The van der Waals surface area contributed by atoms with Gasteiger partial charge in [0.05, 0.1) is 4.90 Å². The van der Waals surface area contributed by atoms with Gasteiger partial charge < -0.3 is 0 Å². The SMILES string of the molecule is C=CCN(CCCCl)S(=O)(=O)c1ccc(C)cc1. The first-order valence-corrected chi connectivity index (χ1v) is 7.73. The Bertz CT molecular complexity index is 482. The fourth-order valence-electron chi connectivity index (χ4n) is 1.55. The van der Waals surface area contributed by atoms with Crippen molar-refractivity contribution in [1.82, 2.24) is 4.31 Å². The molecule has 0 N–H and O–H groups in total. The smallest absolute Gasteiger partial charge is 0.207 e. The van der Waals surface area contributed by atoms with Gasteiger partial charge in [0.1, 0.15) is 0 Å². The van der Waals surface area contributed by atoms with E-state index in [0.717, 1.165) is 5.56 Å². The molecule has 1 aromatic carbocycles. The lowest BCUT2D eigenvalue weighted by molar-refractivity contribution is 0.442. The fraction of sp³-hybridized carbons (Fsp3) is 0.385. The molecule has 0 fully saturated rings. The first-order valence-electron chi connectivity index (χ1n) is 5.76. The van der Waals surface area contributed by atoms with Crippen molar-refractivity contribution in [2.75, 3.05) is 19.0 Å². The Morgan fingerprint density at radius 1 is 1.33 bits per heavy atom. The molecule has 0 atom stereocenters. The maximum atomic E-state index is 12.4. The van der Waals surface area contributed by atoms with E-state index in [2.05, 4.69) is 6.58 Å². The zero-order valence-electron chi connectivity index (χ0n) is 10.5. The zero-order valence-corrected chi connectivity index (χ0v) is 12.0. The summed E-state index contributed by atoms with van der Waals surface area (Å²) in [6.07, 6.45) is 2.21. The molecule has 1 rings (SSSR count). The number of alkyl halides is 1. The molecule has 0 saturated carbocycles. The van der Waals surface area contributed by atoms with Gasteiger partial charge in [0.15, 0.2) is 0 Å².